The van der Waals surface area contributed by atoms with Gasteiger partial charge in [-0.05, 0) is 25.5 Å². The lowest BCUT2D eigenvalue weighted by atomic mass is 9.96. The Morgan fingerprint density at radius 3 is 2.90 bits per heavy atom. The SMILES string of the molecule is C=CNC1CC2CCC1O2. The summed E-state index contributed by atoms with van der Waals surface area (Å²) in [5.74, 6) is 0. The first kappa shape index (κ1) is 6.23. The molecule has 3 unspecified atom stereocenters. The Kier molecular flexibility index (Phi) is 1.42. The van der Waals surface area contributed by atoms with Gasteiger partial charge < -0.3 is 10.1 Å². The Labute approximate surface area is 61.3 Å². The number of rotatable bonds is 2. The fourth-order valence-corrected chi connectivity index (χ4v) is 1.96. The second kappa shape index (κ2) is 2.27. The average molecular weight is 139 g/mol. The molecule has 2 rings (SSSR count). The standard InChI is InChI=1S/C8H13NO/c1-2-9-7-5-6-3-4-8(7)10-6/h2,6-9H,1,3-5H2. The molecule has 2 aliphatic heterocycles. The van der Waals surface area contributed by atoms with E-state index in [0.29, 0.717) is 18.2 Å². The van der Waals surface area contributed by atoms with E-state index in [4.69, 9.17) is 4.74 Å². The molecule has 0 aromatic rings. The molecule has 2 heterocycles. The fourth-order valence-electron chi connectivity index (χ4n) is 1.96. The minimum atomic E-state index is 0.475. The number of hydrogen-bond acceptors (Lipinski definition) is 2. The van der Waals surface area contributed by atoms with Crippen LogP contribution in [0, 0.1) is 0 Å². The van der Waals surface area contributed by atoms with Gasteiger partial charge >= 0.3 is 0 Å². The molecule has 0 saturated carbocycles. The minimum absolute atomic E-state index is 0.475. The van der Waals surface area contributed by atoms with Crippen molar-refractivity contribution in [1.82, 2.24) is 5.32 Å². The molecule has 1 N–H and O–H groups in total. The number of ether oxygens (including phenoxy) is 1. The van der Waals surface area contributed by atoms with E-state index in [0.717, 1.165) is 0 Å². The van der Waals surface area contributed by atoms with Crippen LogP contribution >= 0.6 is 0 Å². The van der Waals surface area contributed by atoms with Crippen LogP contribution in [-0.4, -0.2) is 18.2 Å². The van der Waals surface area contributed by atoms with Crippen molar-refractivity contribution in [3.8, 4) is 0 Å². The third-order valence-corrected chi connectivity index (χ3v) is 2.44. The molecule has 2 saturated heterocycles. The van der Waals surface area contributed by atoms with Gasteiger partial charge in [-0.15, -0.1) is 0 Å². The lowest BCUT2D eigenvalue weighted by Crippen LogP contribution is -2.33. The van der Waals surface area contributed by atoms with Crippen molar-refractivity contribution >= 4 is 0 Å². The third-order valence-electron chi connectivity index (χ3n) is 2.44. The van der Waals surface area contributed by atoms with Gasteiger partial charge in [-0.1, -0.05) is 6.58 Å². The van der Waals surface area contributed by atoms with Crippen molar-refractivity contribution in [3.63, 3.8) is 0 Å². The maximum absolute atomic E-state index is 5.63. The first-order valence-corrected chi connectivity index (χ1v) is 3.92. The average Bonchev–Trinajstić information content (AvgIpc) is 2.48. The molecule has 2 fully saturated rings. The first-order chi connectivity index (χ1) is 4.90. The van der Waals surface area contributed by atoms with Crippen LogP contribution in [0.4, 0.5) is 0 Å². The van der Waals surface area contributed by atoms with Crippen LogP contribution in [0.5, 0.6) is 0 Å². The van der Waals surface area contributed by atoms with Crippen LogP contribution in [-0.2, 0) is 4.74 Å². The van der Waals surface area contributed by atoms with Crippen LogP contribution in [0.2, 0.25) is 0 Å². The van der Waals surface area contributed by atoms with Crippen LogP contribution < -0.4 is 5.32 Å². The minimum Gasteiger partial charge on any atom is -0.386 e. The molecule has 2 nitrogen and oxygen atoms in total. The molecule has 0 aromatic carbocycles. The molecule has 56 valence electrons. The summed E-state index contributed by atoms with van der Waals surface area (Å²) in [6.07, 6.45) is 6.46. The Balaban J connectivity index is 1.95. The molecule has 10 heavy (non-hydrogen) atoms. The van der Waals surface area contributed by atoms with Gasteiger partial charge in [0.15, 0.2) is 0 Å². The molecule has 0 amide bonds. The van der Waals surface area contributed by atoms with Gasteiger partial charge in [0.2, 0.25) is 0 Å². The molecule has 0 radical (unpaired) electrons. The number of fused-ring (bicyclic) bond motifs is 2. The molecule has 0 aromatic heterocycles. The Morgan fingerprint density at radius 2 is 2.40 bits per heavy atom. The van der Waals surface area contributed by atoms with E-state index in [-0.39, 0.29) is 0 Å². The lowest BCUT2D eigenvalue weighted by Gasteiger charge is -2.17. The fraction of sp³-hybridized carbons (Fsp3) is 0.750. The molecule has 2 aliphatic rings. The van der Waals surface area contributed by atoms with Gasteiger partial charge in [0, 0.05) is 0 Å². The van der Waals surface area contributed by atoms with Crippen molar-refractivity contribution in [2.75, 3.05) is 0 Å². The molecule has 3 atom stereocenters. The Hall–Kier alpha value is -0.500. The van der Waals surface area contributed by atoms with Gasteiger partial charge in [-0.3, -0.25) is 0 Å². The lowest BCUT2D eigenvalue weighted by molar-refractivity contribution is 0.0988. The van der Waals surface area contributed by atoms with Gasteiger partial charge in [0.1, 0.15) is 0 Å². The number of hydrogen-bond donors (Lipinski definition) is 1. The normalized spacial score (nSPS) is 43.8. The van der Waals surface area contributed by atoms with Gasteiger partial charge in [0.25, 0.3) is 0 Å². The summed E-state index contributed by atoms with van der Waals surface area (Å²) < 4.78 is 5.63. The van der Waals surface area contributed by atoms with Gasteiger partial charge in [-0.2, -0.15) is 0 Å². The summed E-state index contributed by atoms with van der Waals surface area (Å²) in [5.41, 5.74) is 0. The largest absolute Gasteiger partial charge is 0.386 e. The summed E-state index contributed by atoms with van der Waals surface area (Å²) in [6.45, 7) is 3.64. The summed E-state index contributed by atoms with van der Waals surface area (Å²) in [7, 11) is 0. The van der Waals surface area contributed by atoms with Crippen molar-refractivity contribution in [1.29, 1.82) is 0 Å². The summed E-state index contributed by atoms with van der Waals surface area (Å²) in [4.78, 5) is 0. The van der Waals surface area contributed by atoms with E-state index in [1.165, 1.54) is 19.3 Å². The van der Waals surface area contributed by atoms with E-state index in [1.807, 2.05) is 0 Å². The van der Waals surface area contributed by atoms with Gasteiger partial charge in [-0.25, -0.2) is 0 Å². The highest BCUT2D eigenvalue weighted by atomic mass is 16.5. The quantitative estimate of drug-likeness (QED) is 0.617. The first-order valence-electron chi connectivity index (χ1n) is 3.92. The molecule has 2 bridgehead atoms. The molecule has 0 aliphatic carbocycles. The van der Waals surface area contributed by atoms with Crippen LogP contribution in [0.1, 0.15) is 19.3 Å². The van der Waals surface area contributed by atoms with E-state index in [2.05, 4.69) is 11.9 Å². The van der Waals surface area contributed by atoms with Crippen molar-refractivity contribution in [3.05, 3.63) is 12.8 Å². The Bertz CT molecular complexity index is 146. The monoisotopic (exact) mass is 139 g/mol. The predicted octanol–water partition coefficient (Wildman–Crippen LogP) is 1.04. The van der Waals surface area contributed by atoms with E-state index in [1.54, 1.807) is 6.20 Å². The topological polar surface area (TPSA) is 21.3 Å². The molecule has 0 spiro atoms. The summed E-state index contributed by atoms with van der Waals surface area (Å²) >= 11 is 0. The number of nitrogens with one attached hydrogen (secondary N) is 1. The second-order valence-electron chi connectivity index (χ2n) is 3.09. The highest BCUT2D eigenvalue weighted by Gasteiger charge is 2.39. The highest BCUT2D eigenvalue weighted by Crippen LogP contribution is 2.34. The highest BCUT2D eigenvalue weighted by molar-refractivity contribution is 4.95. The predicted molar refractivity (Wildman–Crippen MR) is 39.6 cm³/mol. The second-order valence-corrected chi connectivity index (χ2v) is 3.09. The van der Waals surface area contributed by atoms with Crippen LogP contribution in [0.15, 0.2) is 12.8 Å². The summed E-state index contributed by atoms with van der Waals surface area (Å²) in [5, 5.41) is 3.21. The molecular formula is C8H13NO. The maximum atomic E-state index is 5.63. The molecule has 2 heteroatoms. The molecular weight excluding hydrogens is 126 g/mol. The maximum Gasteiger partial charge on any atom is 0.0781 e. The third kappa shape index (κ3) is 0.833. The van der Waals surface area contributed by atoms with Crippen LogP contribution in [0.25, 0.3) is 0 Å². The van der Waals surface area contributed by atoms with Crippen molar-refractivity contribution in [2.45, 2.75) is 37.5 Å². The van der Waals surface area contributed by atoms with E-state index in [9.17, 15) is 0 Å². The Morgan fingerprint density at radius 1 is 1.50 bits per heavy atom. The summed E-state index contributed by atoms with van der Waals surface area (Å²) in [6, 6.07) is 0.552. The zero-order chi connectivity index (χ0) is 6.97. The van der Waals surface area contributed by atoms with E-state index < -0.39 is 0 Å². The zero-order valence-corrected chi connectivity index (χ0v) is 6.05. The van der Waals surface area contributed by atoms with Crippen molar-refractivity contribution in [2.24, 2.45) is 0 Å². The smallest absolute Gasteiger partial charge is 0.0781 e. The zero-order valence-electron chi connectivity index (χ0n) is 6.05. The van der Waals surface area contributed by atoms with Crippen molar-refractivity contribution < 1.29 is 4.74 Å². The van der Waals surface area contributed by atoms with E-state index >= 15 is 0 Å². The van der Waals surface area contributed by atoms with Gasteiger partial charge in [0.05, 0.1) is 18.2 Å². The van der Waals surface area contributed by atoms with Crippen LogP contribution in [0.3, 0.4) is 0 Å².